The zero-order valence-electron chi connectivity index (χ0n) is 13.2. The Balaban J connectivity index is 1.91. The van der Waals surface area contributed by atoms with E-state index in [-0.39, 0.29) is 17.8 Å². The molecule has 0 aliphatic carbocycles. The lowest BCUT2D eigenvalue weighted by molar-refractivity contribution is -0.127. The summed E-state index contributed by atoms with van der Waals surface area (Å²) in [6.45, 7) is 1.19. The van der Waals surface area contributed by atoms with Crippen molar-refractivity contribution in [2.45, 2.75) is 19.8 Å². The number of alkyl halides is 3. The Kier molecular flexibility index (Phi) is 4.39. The van der Waals surface area contributed by atoms with E-state index < -0.39 is 23.2 Å². The van der Waals surface area contributed by atoms with Crippen LogP contribution < -0.4 is 4.90 Å². The summed E-state index contributed by atoms with van der Waals surface area (Å²) in [5.74, 6) is -0.591. The van der Waals surface area contributed by atoms with E-state index in [4.69, 9.17) is 9.15 Å². The zero-order valence-corrected chi connectivity index (χ0v) is 13.2. The van der Waals surface area contributed by atoms with Crippen LogP contribution in [0.4, 0.5) is 23.8 Å². The molecular formula is C18H14F3NO3. The van der Waals surface area contributed by atoms with Crippen LogP contribution in [-0.2, 0) is 11.3 Å². The molecule has 1 amide bonds. The third kappa shape index (κ3) is 3.45. The van der Waals surface area contributed by atoms with Crippen molar-refractivity contribution in [3.8, 4) is 0 Å². The van der Waals surface area contributed by atoms with Crippen molar-refractivity contribution in [2.75, 3.05) is 4.90 Å². The van der Waals surface area contributed by atoms with Gasteiger partial charge in [-0.2, -0.15) is 4.90 Å². The number of rotatable bonds is 3. The van der Waals surface area contributed by atoms with Gasteiger partial charge in [-0.3, -0.25) is 0 Å². The fourth-order valence-corrected chi connectivity index (χ4v) is 2.46. The maximum atomic E-state index is 13.5. The van der Waals surface area contributed by atoms with Crippen molar-refractivity contribution in [2.24, 2.45) is 0 Å². The molecule has 0 aliphatic heterocycles. The lowest BCUT2D eigenvalue weighted by Crippen LogP contribution is -2.43. The van der Waals surface area contributed by atoms with Gasteiger partial charge in [0.05, 0.1) is 0 Å². The average molecular weight is 349 g/mol. The Morgan fingerprint density at radius 1 is 1.08 bits per heavy atom. The predicted octanol–water partition coefficient (Wildman–Crippen LogP) is 5.40. The molecule has 3 rings (SSSR count). The number of aryl methyl sites for hydroxylation is 1. The third-order valence-corrected chi connectivity index (χ3v) is 3.66. The average Bonchev–Trinajstić information content (AvgIpc) is 2.90. The van der Waals surface area contributed by atoms with Crippen molar-refractivity contribution >= 4 is 22.9 Å². The fourth-order valence-electron chi connectivity index (χ4n) is 2.46. The molecule has 0 saturated heterocycles. The van der Waals surface area contributed by atoms with Gasteiger partial charge in [0.1, 0.15) is 12.2 Å². The number of furan rings is 1. The molecule has 0 saturated carbocycles. The second kappa shape index (κ2) is 6.51. The largest absolute Gasteiger partial charge is 0.496 e. The minimum atomic E-state index is -4.98. The van der Waals surface area contributed by atoms with Crippen LogP contribution in [0.1, 0.15) is 11.1 Å². The van der Waals surface area contributed by atoms with Crippen molar-refractivity contribution in [3.63, 3.8) is 0 Å². The lowest BCUT2D eigenvalue weighted by Gasteiger charge is -2.22. The van der Waals surface area contributed by atoms with Crippen molar-refractivity contribution in [3.05, 3.63) is 65.7 Å². The van der Waals surface area contributed by atoms with Crippen LogP contribution in [-0.4, -0.2) is 12.4 Å². The van der Waals surface area contributed by atoms with E-state index in [1.165, 1.54) is 13.0 Å². The molecule has 25 heavy (non-hydrogen) atoms. The van der Waals surface area contributed by atoms with Gasteiger partial charge >= 0.3 is 12.4 Å². The molecule has 1 heterocycles. The number of anilines is 1. The first-order valence-corrected chi connectivity index (χ1v) is 7.43. The minimum absolute atomic E-state index is 0.213. The molecule has 4 nitrogen and oxygen atoms in total. The number of amides is 1. The maximum Gasteiger partial charge on any atom is 0.496 e. The predicted molar refractivity (Wildman–Crippen MR) is 86.1 cm³/mol. The summed E-state index contributed by atoms with van der Waals surface area (Å²) in [6, 6.07) is 14.9. The van der Waals surface area contributed by atoms with E-state index in [0.29, 0.717) is 10.9 Å². The van der Waals surface area contributed by atoms with Crippen LogP contribution in [0.3, 0.4) is 0 Å². The van der Waals surface area contributed by atoms with E-state index in [1.54, 1.807) is 48.5 Å². The molecule has 0 atom stereocenters. The summed E-state index contributed by atoms with van der Waals surface area (Å²) >= 11 is 0. The van der Waals surface area contributed by atoms with Gasteiger partial charge in [0, 0.05) is 10.9 Å². The van der Waals surface area contributed by atoms with E-state index in [2.05, 4.69) is 0 Å². The minimum Gasteiger partial charge on any atom is -0.444 e. The molecule has 0 fully saturated rings. The molecule has 0 radical (unpaired) electrons. The SMILES string of the molecule is Cc1c(N(C(=O)OCc2ccccc2)C(F)(F)F)oc2ccccc12. The summed E-state index contributed by atoms with van der Waals surface area (Å²) in [4.78, 5) is 11.7. The molecule has 1 aromatic heterocycles. The van der Waals surface area contributed by atoms with Gasteiger partial charge in [-0.25, -0.2) is 4.79 Å². The Morgan fingerprint density at radius 2 is 1.72 bits per heavy atom. The zero-order chi connectivity index (χ0) is 18.0. The van der Waals surface area contributed by atoms with Crippen LogP contribution in [0.15, 0.2) is 59.0 Å². The lowest BCUT2D eigenvalue weighted by atomic mass is 10.2. The number of fused-ring (bicyclic) bond motifs is 1. The molecule has 0 aliphatic rings. The highest BCUT2D eigenvalue weighted by atomic mass is 19.4. The Morgan fingerprint density at radius 3 is 2.36 bits per heavy atom. The number of halogens is 3. The smallest absolute Gasteiger partial charge is 0.444 e. The summed E-state index contributed by atoms with van der Waals surface area (Å²) in [5, 5.41) is 0.502. The van der Waals surface area contributed by atoms with E-state index >= 15 is 0 Å². The monoisotopic (exact) mass is 349 g/mol. The highest BCUT2D eigenvalue weighted by Crippen LogP contribution is 2.37. The molecular weight excluding hydrogens is 335 g/mol. The van der Waals surface area contributed by atoms with Crippen LogP contribution in [0.2, 0.25) is 0 Å². The number of hydrogen-bond donors (Lipinski definition) is 0. The number of benzene rings is 2. The number of carbonyl (C=O) groups is 1. The summed E-state index contributed by atoms with van der Waals surface area (Å²) < 4.78 is 50.5. The maximum absolute atomic E-state index is 13.5. The normalized spacial score (nSPS) is 11.5. The topological polar surface area (TPSA) is 42.7 Å². The first kappa shape index (κ1) is 16.9. The van der Waals surface area contributed by atoms with Gasteiger partial charge in [0.25, 0.3) is 0 Å². The third-order valence-electron chi connectivity index (χ3n) is 3.66. The van der Waals surface area contributed by atoms with Crippen molar-refractivity contribution < 1.29 is 27.1 Å². The molecule has 130 valence electrons. The van der Waals surface area contributed by atoms with Crippen molar-refractivity contribution in [1.29, 1.82) is 0 Å². The number of ether oxygens (including phenoxy) is 1. The standard InChI is InChI=1S/C18H14F3NO3/c1-12-14-9-5-6-10-15(14)25-16(12)22(18(19,20)21)17(23)24-11-13-7-3-2-4-8-13/h2-10H,11H2,1H3. The summed E-state index contributed by atoms with van der Waals surface area (Å²) in [6.07, 6.45) is -6.52. The molecule has 0 bridgehead atoms. The number of carbonyl (C=O) groups excluding carboxylic acids is 1. The molecule has 3 aromatic rings. The van der Waals surface area contributed by atoms with Gasteiger partial charge in [0.2, 0.25) is 5.88 Å². The van der Waals surface area contributed by atoms with Gasteiger partial charge in [-0.05, 0) is 18.6 Å². The first-order chi connectivity index (χ1) is 11.9. The van der Waals surface area contributed by atoms with Gasteiger partial charge in [-0.1, -0.05) is 48.5 Å². The van der Waals surface area contributed by atoms with E-state index in [0.717, 1.165) is 0 Å². The Labute approximate surface area is 141 Å². The van der Waals surface area contributed by atoms with Gasteiger partial charge in [0.15, 0.2) is 0 Å². The van der Waals surface area contributed by atoms with Crippen LogP contribution in [0.5, 0.6) is 0 Å². The van der Waals surface area contributed by atoms with Crippen molar-refractivity contribution in [1.82, 2.24) is 0 Å². The second-order valence-corrected chi connectivity index (χ2v) is 5.37. The van der Waals surface area contributed by atoms with Gasteiger partial charge in [-0.15, -0.1) is 13.2 Å². The quantitative estimate of drug-likeness (QED) is 0.594. The first-order valence-electron chi connectivity index (χ1n) is 7.43. The van der Waals surface area contributed by atoms with E-state index in [9.17, 15) is 18.0 Å². The van der Waals surface area contributed by atoms with Crippen LogP contribution >= 0.6 is 0 Å². The molecule has 7 heteroatoms. The highest BCUT2D eigenvalue weighted by Gasteiger charge is 2.46. The Hall–Kier alpha value is -2.96. The highest BCUT2D eigenvalue weighted by molar-refractivity contribution is 5.93. The molecule has 0 unspecified atom stereocenters. The number of hydrogen-bond acceptors (Lipinski definition) is 3. The van der Waals surface area contributed by atoms with Crippen LogP contribution in [0, 0.1) is 6.92 Å². The molecule has 2 aromatic carbocycles. The fraction of sp³-hybridized carbons (Fsp3) is 0.167. The molecule has 0 N–H and O–H groups in total. The summed E-state index contributed by atoms with van der Waals surface area (Å²) in [7, 11) is 0. The van der Waals surface area contributed by atoms with Crippen LogP contribution in [0.25, 0.3) is 11.0 Å². The number of nitrogens with zero attached hydrogens (tertiary/aromatic N) is 1. The second-order valence-electron chi connectivity index (χ2n) is 5.37. The van der Waals surface area contributed by atoms with Gasteiger partial charge < -0.3 is 9.15 Å². The van der Waals surface area contributed by atoms with E-state index in [1.807, 2.05) is 0 Å². The number of para-hydroxylation sites is 1. The molecule has 0 spiro atoms. The summed E-state index contributed by atoms with van der Waals surface area (Å²) in [5.41, 5.74) is 1.06. The Bertz CT molecular complexity index is 887.